The van der Waals surface area contributed by atoms with Crippen LogP contribution in [0.1, 0.15) is 406 Å². The lowest BCUT2D eigenvalue weighted by Crippen LogP contribution is -2.37. The Hall–Kier alpha value is -2.29. The fourth-order valence-corrected chi connectivity index (χ4v) is 12.9. The van der Waals surface area contributed by atoms with E-state index in [9.17, 15) is 19.0 Å². The number of esters is 2. The molecule has 0 radical (unpaired) electrons. The van der Waals surface area contributed by atoms with E-state index in [2.05, 4.69) is 74.6 Å². The van der Waals surface area contributed by atoms with Crippen LogP contribution in [0.2, 0.25) is 0 Å². The van der Waals surface area contributed by atoms with Gasteiger partial charge in [0.2, 0.25) is 0 Å². The Morgan fingerprint density at radius 3 is 0.914 bits per heavy atom. The van der Waals surface area contributed by atoms with Crippen molar-refractivity contribution >= 4 is 19.8 Å². The first-order valence-electron chi connectivity index (χ1n) is 40.5. The van der Waals surface area contributed by atoms with Crippen molar-refractivity contribution in [1.29, 1.82) is 0 Å². The molecule has 2 unspecified atom stereocenters. The summed E-state index contributed by atoms with van der Waals surface area (Å²) in [4.78, 5) is 38.2. The number of allylic oxidation sites excluding steroid dienone is 10. The van der Waals surface area contributed by atoms with Crippen LogP contribution in [0.3, 0.4) is 0 Å². The number of hydrogen-bond acceptors (Lipinski definition) is 8. The Labute approximate surface area is 578 Å². The third-order valence-electron chi connectivity index (χ3n) is 18.3. The second kappa shape index (κ2) is 73.9. The maximum Gasteiger partial charge on any atom is 0.306 e. The van der Waals surface area contributed by atoms with Gasteiger partial charge in [-0.05, 0) is 57.8 Å². The molecule has 0 amide bonds. The zero-order chi connectivity index (χ0) is 67.6. The molecule has 0 aromatic carbocycles. The van der Waals surface area contributed by atoms with Gasteiger partial charge < -0.3 is 27.9 Å². The molecule has 10 heteroatoms. The summed E-state index contributed by atoms with van der Waals surface area (Å²) in [5.41, 5.74) is 0. The van der Waals surface area contributed by atoms with Crippen LogP contribution in [-0.4, -0.2) is 70.0 Å². The van der Waals surface area contributed by atoms with Crippen molar-refractivity contribution in [1.82, 2.24) is 0 Å². The first kappa shape index (κ1) is 90.7. The molecule has 0 heterocycles. The maximum atomic E-state index is 12.9. The van der Waals surface area contributed by atoms with Crippen LogP contribution in [0.15, 0.2) is 60.8 Å². The average Bonchev–Trinajstić information content (AvgIpc) is 2.30. The monoisotopic (exact) mass is 1330 g/mol. The lowest BCUT2D eigenvalue weighted by molar-refractivity contribution is -0.870. The highest BCUT2D eigenvalue weighted by molar-refractivity contribution is 7.45. The number of hydrogen-bond donors (Lipinski definition) is 0. The number of nitrogens with zero attached hydrogens (tertiary/aromatic N) is 1. The zero-order valence-electron chi connectivity index (χ0n) is 62.5. The number of quaternary nitrogens is 1. The van der Waals surface area contributed by atoms with E-state index in [1.54, 1.807) is 0 Å². The Kier molecular flexibility index (Phi) is 72.1. The van der Waals surface area contributed by atoms with E-state index in [0.29, 0.717) is 17.4 Å². The number of carbonyl (C=O) groups is 2. The molecule has 0 bridgehead atoms. The average molecular weight is 1330 g/mol. The molecule has 0 aliphatic rings. The number of rotatable bonds is 76. The van der Waals surface area contributed by atoms with Crippen LogP contribution in [0.5, 0.6) is 0 Å². The van der Waals surface area contributed by atoms with Crippen molar-refractivity contribution in [2.24, 2.45) is 0 Å². The predicted molar refractivity (Wildman–Crippen MR) is 402 cm³/mol. The summed E-state index contributed by atoms with van der Waals surface area (Å²) in [5, 5.41) is 0. The highest BCUT2D eigenvalue weighted by atomic mass is 31.2. The lowest BCUT2D eigenvalue weighted by atomic mass is 10.0. The number of ether oxygens (including phenoxy) is 2. The van der Waals surface area contributed by atoms with Crippen molar-refractivity contribution < 1.29 is 42.1 Å². The van der Waals surface area contributed by atoms with Crippen LogP contribution in [0.4, 0.5) is 0 Å². The Morgan fingerprint density at radius 1 is 0.344 bits per heavy atom. The summed E-state index contributed by atoms with van der Waals surface area (Å²) in [6.07, 6.45) is 99.3. The Morgan fingerprint density at radius 2 is 0.613 bits per heavy atom. The van der Waals surface area contributed by atoms with Crippen LogP contribution in [0, 0.1) is 0 Å². The van der Waals surface area contributed by atoms with E-state index in [0.717, 1.165) is 70.6 Å². The second-order valence-corrected chi connectivity index (χ2v) is 30.2. The minimum atomic E-state index is -4.64. The summed E-state index contributed by atoms with van der Waals surface area (Å²) in [7, 11) is 1.19. The van der Waals surface area contributed by atoms with Gasteiger partial charge in [0.05, 0.1) is 27.7 Å². The molecule has 0 aliphatic carbocycles. The maximum absolute atomic E-state index is 12.9. The molecular formula is C83H156NO8P. The molecule has 93 heavy (non-hydrogen) atoms. The zero-order valence-corrected chi connectivity index (χ0v) is 63.4. The molecule has 0 aliphatic heterocycles. The fourth-order valence-electron chi connectivity index (χ4n) is 12.2. The van der Waals surface area contributed by atoms with Crippen molar-refractivity contribution in [2.75, 3.05) is 47.5 Å². The summed E-state index contributed by atoms with van der Waals surface area (Å²) < 4.78 is 34.4. The molecule has 0 N–H and O–H groups in total. The molecule has 9 nitrogen and oxygen atoms in total. The van der Waals surface area contributed by atoms with Gasteiger partial charge in [-0.15, -0.1) is 0 Å². The molecule has 0 saturated heterocycles. The number of unbranched alkanes of at least 4 members (excludes halogenated alkanes) is 52. The highest BCUT2D eigenvalue weighted by Crippen LogP contribution is 2.38. The van der Waals surface area contributed by atoms with E-state index in [-0.39, 0.29) is 32.0 Å². The second-order valence-electron chi connectivity index (χ2n) is 28.8. The molecule has 0 fully saturated rings. The summed E-state index contributed by atoms with van der Waals surface area (Å²) in [6, 6.07) is 0. The molecule has 0 aromatic heterocycles. The molecule has 0 spiro atoms. The van der Waals surface area contributed by atoms with Crippen LogP contribution >= 0.6 is 7.82 Å². The van der Waals surface area contributed by atoms with Gasteiger partial charge in [-0.2, -0.15) is 0 Å². The largest absolute Gasteiger partial charge is 0.756 e. The number of carbonyl (C=O) groups excluding carboxylic acids is 2. The van der Waals surface area contributed by atoms with Crippen LogP contribution in [0.25, 0.3) is 0 Å². The van der Waals surface area contributed by atoms with Crippen molar-refractivity contribution in [3.8, 4) is 0 Å². The Bertz CT molecular complexity index is 1750. The van der Waals surface area contributed by atoms with E-state index in [1.165, 1.54) is 302 Å². The van der Waals surface area contributed by atoms with Gasteiger partial charge in [-0.1, -0.05) is 396 Å². The minimum Gasteiger partial charge on any atom is -0.756 e. The highest BCUT2D eigenvalue weighted by Gasteiger charge is 2.22. The summed E-state index contributed by atoms with van der Waals surface area (Å²) >= 11 is 0. The smallest absolute Gasteiger partial charge is 0.306 e. The van der Waals surface area contributed by atoms with Gasteiger partial charge >= 0.3 is 11.9 Å². The normalized spacial score (nSPS) is 13.3. The quantitative estimate of drug-likeness (QED) is 0.0195. The van der Waals surface area contributed by atoms with E-state index < -0.39 is 26.5 Å². The molecule has 2 atom stereocenters. The van der Waals surface area contributed by atoms with E-state index in [4.69, 9.17) is 18.5 Å². The van der Waals surface area contributed by atoms with Gasteiger partial charge in [-0.25, -0.2) is 0 Å². The molecule has 0 saturated carbocycles. The number of likely N-dealkylation sites (N-methyl/N-ethyl adjacent to an activating group) is 1. The third kappa shape index (κ3) is 78.6. The fraction of sp³-hybridized carbons (Fsp3) is 0.855. The standard InChI is InChI=1S/C83H156NO8P/c1-6-8-10-12-14-16-18-20-22-24-26-28-30-32-34-36-38-40-41-42-44-45-47-49-51-53-55-57-59-61-63-65-67-69-71-73-75-82(85)89-79-81(80-91-93(87,88)90-78-77-84(3,4)5)92-83(86)76-74-72-70-68-66-64-62-60-58-56-54-52-50-48-46-43-39-37-35-33-31-29-27-25-23-21-19-17-15-13-11-9-7-2/h9,11,15,17,21,23,27,29,33,35,81H,6-8,10,12-14,16,18-20,22,24-26,28,30-32,34,36-80H2,1-5H3/b11-9-,17-15-,23-21-,29-27-,35-33-. The van der Waals surface area contributed by atoms with E-state index in [1.807, 2.05) is 21.1 Å². The summed E-state index contributed by atoms with van der Waals surface area (Å²) in [6.45, 7) is 4.20. The van der Waals surface area contributed by atoms with Crippen molar-refractivity contribution in [2.45, 2.75) is 412 Å². The number of phosphoric ester groups is 1. The SMILES string of the molecule is CC/C=C\C/C=C\C/C=C\C/C=C\C/C=C\CCCCCCCCCCCCCCCCCCCC(=O)OC(COC(=O)CCCCCCCCCCCCCCCCCCCCCCCCCCCCCCCCCCCCCC)COP(=O)([O-])OCC[N+](C)(C)C. The topological polar surface area (TPSA) is 111 Å². The minimum absolute atomic E-state index is 0.0290. The first-order valence-corrected chi connectivity index (χ1v) is 42.0. The molecule has 0 rings (SSSR count). The lowest BCUT2D eigenvalue weighted by Gasteiger charge is -2.28. The van der Waals surface area contributed by atoms with Crippen molar-refractivity contribution in [3.63, 3.8) is 0 Å². The molecule has 546 valence electrons. The van der Waals surface area contributed by atoms with Gasteiger partial charge in [0.15, 0.2) is 6.10 Å². The first-order chi connectivity index (χ1) is 45.5. The molecular weight excluding hydrogens is 1170 g/mol. The van der Waals surface area contributed by atoms with Gasteiger partial charge in [-0.3, -0.25) is 14.2 Å². The van der Waals surface area contributed by atoms with Crippen molar-refractivity contribution in [3.05, 3.63) is 60.8 Å². The van der Waals surface area contributed by atoms with Gasteiger partial charge in [0.1, 0.15) is 19.8 Å². The van der Waals surface area contributed by atoms with E-state index >= 15 is 0 Å². The van der Waals surface area contributed by atoms with Gasteiger partial charge in [0.25, 0.3) is 7.82 Å². The third-order valence-corrected chi connectivity index (χ3v) is 19.3. The Balaban J connectivity index is 3.91. The van der Waals surface area contributed by atoms with Crippen LogP contribution < -0.4 is 4.89 Å². The number of phosphoric acid groups is 1. The van der Waals surface area contributed by atoms with Crippen LogP contribution in [-0.2, 0) is 32.7 Å². The summed E-state index contributed by atoms with van der Waals surface area (Å²) in [5.74, 6) is -0.811. The van der Waals surface area contributed by atoms with Gasteiger partial charge in [0, 0.05) is 12.8 Å². The predicted octanol–water partition coefficient (Wildman–Crippen LogP) is 26.3. The molecule has 0 aromatic rings.